The number of aryl methyl sites for hydroxylation is 1. The maximum Gasteiger partial charge on any atom is 0.339 e. The van der Waals surface area contributed by atoms with Crippen LogP contribution in [0.15, 0.2) is 42.6 Å². The number of nitro groups is 1. The molecule has 1 aromatic heterocycles. The number of non-ortho nitro benzene ring substituents is 1. The summed E-state index contributed by atoms with van der Waals surface area (Å²) in [7, 11) is 1.39. The first kappa shape index (κ1) is 21.1. The van der Waals surface area contributed by atoms with E-state index in [2.05, 4.69) is 10.4 Å². The molecule has 154 valence electrons. The van der Waals surface area contributed by atoms with Crippen LogP contribution in [0.2, 0.25) is 10.0 Å². The van der Waals surface area contributed by atoms with E-state index in [9.17, 15) is 24.8 Å². The van der Waals surface area contributed by atoms with Gasteiger partial charge in [0.1, 0.15) is 22.8 Å². The molecule has 1 amide bonds. The molecule has 0 aliphatic carbocycles. The Morgan fingerprint density at radius 1 is 1.23 bits per heavy atom. The minimum atomic E-state index is -1.34. The van der Waals surface area contributed by atoms with E-state index in [4.69, 9.17) is 27.9 Å². The van der Waals surface area contributed by atoms with Crippen LogP contribution in [0.4, 0.5) is 11.4 Å². The number of anilines is 1. The van der Waals surface area contributed by atoms with Crippen LogP contribution in [0.1, 0.15) is 20.8 Å². The van der Waals surface area contributed by atoms with Crippen LogP contribution < -0.4 is 10.1 Å². The van der Waals surface area contributed by atoms with Crippen LogP contribution in [-0.2, 0) is 7.05 Å². The van der Waals surface area contributed by atoms with Crippen LogP contribution >= 0.6 is 23.2 Å². The van der Waals surface area contributed by atoms with Crippen molar-refractivity contribution in [2.24, 2.45) is 7.05 Å². The Kier molecular flexibility index (Phi) is 5.90. The minimum Gasteiger partial charge on any atom is -0.478 e. The van der Waals surface area contributed by atoms with Crippen molar-refractivity contribution in [2.75, 3.05) is 5.32 Å². The van der Waals surface area contributed by atoms with E-state index in [1.54, 1.807) is 0 Å². The van der Waals surface area contributed by atoms with E-state index < -0.39 is 16.8 Å². The van der Waals surface area contributed by atoms with Crippen LogP contribution in [-0.4, -0.2) is 31.7 Å². The Labute approximate surface area is 178 Å². The number of nitro benzene ring substituents is 1. The first-order valence-corrected chi connectivity index (χ1v) is 8.90. The SMILES string of the molecule is Cn1ncc(C(=O)O)c1C(=O)Nc1cc(Oc2ccc(Cl)cc2Cl)cc([N+](=O)[O-])c1. The maximum atomic E-state index is 12.6. The number of hydrogen-bond donors (Lipinski definition) is 2. The van der Waals surface area contributed by atoms with Gasteiger partial charge in [0.25, 0.3) is 11.6 Å². The van der Waals surface area contributed by atoms with Gasteiger partial charge in [0.15, 0.2) is 0 Å². The third-order valence-electron chi connectivity index (χ3n) is 3.87. The fourth-order valence-corrected chi connectivity index (χ4v) is 3.01. The van der Waals surface area contributed by atoms with Gasteiger partial charge in [0.2, 0.25) is 0 Å². The van der Waals surface area contributed by atoms with Crippen LogP contribution in [0.25, 0.3) is 0 Å². The number of benzene rings is 2. The highest BCUT2D eigenvalue weighted by Gasteiger charge is 2.23. The number of nitrogens with zero attached hydrogens (tertiary/aromatic N) is 3. The molecule has 3 aromatic rings. The minimum absolute atomic E-state index is 0.00632. The number of aromatic nitrogens is 2. The van der Waals surface area contributed by atoms with E-state index >= 15 is 0 Å². The quantitative estimate of drug-likeness (QED) is 0.419. The fourth-order valence-electron chi connectivity index (χ4n) is 2.56. The summed E-state index contributed by atoms with van der Waals surface area (Å²) in [5, 5.41) is 27.2. The molecule has 30 heavy (non-hydrogen) atoms. The summed E-state index contributed by atoms with van der Waals surface area (Å²) >= 11 is 11.9. The third kappa shape index (κ3) is 4.50. The Bertz CT molecular complexity index is 1180. The molecular weight excluding hydrogens is 439 g/mol. The van der Waals surface area contributed by atoms with Crippen molar-refractivity contribution in [3.05, 3.63) is 74.0 Å². The molecule has 12 heteroatoms. The number of carbonyl (C=O) groups is 2. The van der Waals surface area contributed by atoms with Crippen molar-refractivity contribution in [1.82, 2.24) is 9.78 Å². The third-order valence-corrected chi connectivity index (χ3v) is 4.40. The number of carbonyl (C=O) groups excluding carboxylic acids is 1. The van der Waals surface area contributed by atoms with Crippen molar-refractivity contribution < 1.29 is 24.4 Å². The van der Waals surface area contributed by atoms with E-state index in [1.165, 1.54) is 31.3 Å². The highest BCUT2D eigenvalue weighted by molar-refractivity contribution is 6.35. The van der Waals surface area contributed by atoms with E-state index in [0.717, 1.165) is 23.0 Å². The number of amides is 1. The molecule has 0 unspecified atom stereocenters. The average Bonchev–Trinajstić information content (AvgIpc) is 3.06. The van der Waals surface area contributed by atoms with Crippen molar-refractivity contribution in [3.63, 3.8) is 0 Å². The molecule has 0 fully saturated rings. The monoisotopic (exact) mass is 450 g/mol. The normalized spacial score (nSPS) is 10.5. The summed E-state index contributed by atoms with van der Waals surface area (Å²) in [6.07, 6.45) is 1.03. The van der Waals surface area contributed by atoms with Crippen molar-refractivity contribution in [3.8, 4) is 11.5 Å². The zero-order valence-corrected chi connectivity index (χ0v) is 16.6. The lowest BCUT2D eigenvalue weighted by molar-refractivity contribution is -0.384. The Morgan fingerprint density at radius 3 is 2.60 bits per heavy atom. The lowest BCUT2D eigenvalue weighted by atomic mass is 10.2. The van der Waals surface area contributed by atoms with E-state index in [0.29, 0.717) is 5.02 Å². The number of hydrogen-bond acceptors (Lipinski definition) is 6. The highest BCUT2D eigenvalue weighted by Crippen LogP contribution is 2.34. The molecule has 3 rings (SSSR count). The van der Waals surface area contributed by atoms with E-state index in [1.807, 2.05) is 0 Å². The predicted molar refractivity (Wildman–Crippen MR) is 108 cm³/mol. The molecule has 0 saturated heterocycles. The molecule has 0 bridgehead atoms. The number of halogens is 2. The lowest BCUT2D eigenvalue weighted by Gasteiger charge is -2.11. The second-order valence-electron chi connectivity index (χ2n) is 5.94. The number of nitrogens with one attached hydrogen (secondary N) is 1. The second kappa shape index (κ2) is 8.39. The Balaban J connectivity index is 1.95. The smallest absolute Gasteiger partial charge is 0.339 e. The summed E-state index contributed by atoms with van der Waals surface area (Å²) in [6.45, 7) is 0. The van der Waals surface area contributed by atoms with Gasteiger partial charge < -0.3 is 15.2 Å². The van der Waals surface area contributed by atoms with Crippen molar-refractivity contribution in [1.29, 1.82) is 0 Å². The fraction of sp³-hybridized carbons (Fsp3) is 0.0556. The van der Waals surface area contributed by atoms with Gasteiger partial charge in [0.05, 0.1) is 27.9 Å². The summed E-state index contributed by atoms with van der Waals surface area (Å²) in [5.74, 6) is -1.94. The van der Waals surface area contributed by atoms with Crippen molar-refractivity contribution in [2.45, 2.75) is 0 Å². The Hall–Kier alpha value is -3.63. The lowest BCUT2D eigenvalue weighted by Crippen LogP contribution is -2.19. The van der Waals surface area contributed by atoms with Crippen LogP contribution in [0.5, 0.6) is 11.5 Å². The van der Waals surface area contributed by atoms with Gasteiger partial charge in [-0.25, -0.2) is 4.79 Å². The van der Waals surface area contributed by atoms with Gasteiger partial charge >= 0.3 is 5.97 Å². The molecule has 0 radical (unpaired) electrons. The van der Waals surface area contributed by atoms with Gasteiger partial charge in [-0.3, -0.25) is 19.6 Å². The van der Waals surface area contributed by atoms with Crippen molar-refractivity contribution >= 4 is 46.5 Å². The topological polar surface area (TPSA) is 137 Å². The molecule has 2 N–H and O–H groups in total. The van der Waals surface area contributed by atoms with E-state index in [-0.39, 0.29) is 39.2 Å². The molecule has 1 heterocycles. The predicted octanol–water partition coefficient (Wildman–Crippen LogP) is 4.38. The second-order valence-corrected chi connectivity index (χ2v) is 6.78. The summed E-state index contributed by atoms with van der Waals surface area (Å²) in [4.78, 5) is 34.5. The molecule has 0 aliphatic rings. The van der Waals surface area contributed by atoms with Crippen LogP contribution in [0.3, 0.4) is 0 Å². The number of carboxylic acids is 1. The summed E-state index contributed by atoms with van der Waals surface area (Å²) < 4.78 is 6.68. The molecule has 2 aromatic carbocycles. The van der Waals surface area contributed by atoms with Gasteiger partial charge in [-0.15, -0.1) is 0 Å². The zero-order valence-electron chi connectivity index (χ0n) is 15.1. The Morgan fingerprint density at radius 2 is 1.97 bits per heavy atom. The van der Waals surface area contributed by atoms with Gasteiger partial charge in [-0.1, -0.05) is 23.2 Å². The molecule has 10 nitrogen and oxygen atoms in total. The molecule has 0 aliphatic heterocycles. The van der Waals surface area contributed by atoms with Gasteiger partial charge in [-0.2, -0.15) is 5.10 Å². The largest absolute Gasteiger partial charge is 0.478 e. The number of rotatable bonds is 6. The number of aromatic carboxylic acids is 1. The number of carboxylic acid groups (broad SMARTS) is 1. The van der Waals surface area contributed by atoms with Crippen LogP contribution in [0, 0.1) is 10.1 Å². The average molecular weight is 451 g/mol. The number of ether oxygens (including phenoxy) is 1. The summed E-state index contributed by atoms with van der Waals surface area (Å²) in [6, 6.07) is 8.02. The van der Waals surface area contributed by atoms with Gasteiger partial charge in [-0.05, 0) is 18.2 Å². The zero-order chi connectivity index (χ0) is 22.0. The highest BCUT2D eigenvalue weighted by atomic mass is 35.5. The summed E-state index contributed by atoms with van der Waals surface area (Å²) in [5.41, 5.74) is -0.898. The van der Waals surface area contributed by atoms with Gasteiger partial charge in [0, 0.05) is 24.2 Å². The molecule has 0 atom stereocenters. The maximum absolute atomic E-state index is 12.6. The first-order chi connectivity index (χ1) is 14.2. The molecule has 0 spiro atoms. The molecular formula is C18H12Cl2N4O6. The molecule has 0 saturated carbocycles. The standard InChI is InChI=1S/C18H12Cl2N4O6/c1-23-16(13(8-21-23)18(26)27)17(25)22-10-5-11(24(28)29)7-12(6-10)30-15-3-2-9(19)4-14(15)20/h2-8H,1H3,(H,22,25)(H,26,27). The first-order valence-electron chi connectivity index (χ1n) is 8.14.